The van der Waals surface area contributed by atoms with E-state index in [0.717, 1.165) is 0 Å². The number of aliphatic hydroxyl groups excluding tert-OH is 4. The highest BCUT2D eigenvalue weighted by Gasteiger charge is 2.45. The molecule has 0 aromatic heterocycles. The zero-order valence-corrected chi connectivity index (χ0v) is 7.13. The quantitative estimate of drug-likeness (QED) is 0.242. The average molecular weight is 205 g/mol. The minimum atomic E-state index is -1.39. The van der Waals surface area contributed by atoms with Crippen molar-refractivity contribution in [2.24, 2.45) is 5.11 Å². The van der Waals surface area contributed by atoms with E-state index in [1.54, 1.807) is 0 Å². The van der Waals surface area contributed by atoms with Crippen LogP contribution in [0.25, 0.3) is 10.4 Å². The second-order valence-electron chi connectivity index (χ2n) is 2.93. The van der Waals surface area contributed by atoms with Crippen molar-refractivity contribution in [2.45, 2.75) is 30.6 Å². The Balaban J connectivity index is 2.70. The number of rotatable bonds is 3. The first-order chi connectivity index (χ1) is 6.61. The molecule has 0 amide bonds. The van der Waals surface area contributed by atoms with Crippen LogP contribution in [0.1, 0.15) is 0 Å². The molecule has 1 saturated heterocycles. The van der Waals surface area contributed by atoms with Gasteiger partial charge >= 0.3 is 0 Å². The standard InChI is InChI=1S/C6H11N3O5/c7-9-8-6-4(13)3(12)5(14-6)2(11)1-10/h2-6,10-13H,1H2/t2-,3+,4+,5-,6+/m0/s1. The van der Waals surface area contributed by atoms with Crippen LogP contribution in [0.5, 0.6) is 0 Å². The highest BCUT2D eigenvalue weighted by atomic mass is 16.6. The Hall–Kier alpha value is -0.890. The van der Waals surface area contributed by atoms with E-state index in [1.165, 1.54) is 0 Å². The summed E-state index contributed by atoms with van der Waals surface area (Å²) >= 11 is 0. The summed E-state index contributed by atoms with van der Waals surface area (Å²) in [5.41, 5.74) is 8.09. The Kier molecular flexibility index (Phi) is 3.64. The van der Waals surface area contributed by atoms with Gasteiger partial charge in [-0.05, 0) is 5.53 Å². The number of hydrogen-bond acceptors (Lipinski definition) is 6. The van der Waals surface area contributed by atoms with Crippen LogP contribution in [0, 0.1) is 0 Å². The van der Waals surface area contributed by atoms with Gasteiger partial charge < -0.3 is 25.2 Å². The molecule has 8 heteroatoms. The fraction of sp³-hybridized carbons (Fsp3) is 1.00. The van der Waals surface area contributed by atoms with Crippen LogP contribution < -0.4 is 0 Å². The summed E-state index contributed by atoms with van der Waals surface area (Å²) in [5.74, 6) is 0. The van der Waals surface area contributed by atoms with E-state index in [-0.39, 0.29) is 0 Å². The Morgan fingerprint density at radius 1 is 1.43 bits per heavy atom. The molecule has 80 valence electrons. The molecule has 0 aliphatic carbocycles. The van der Waals surface area contributed by atoms with Crippen molar-refractivity contribution < 1.29 is 25.2 Å². The van der Waals surface area contributed by atoms with Gasteiger partial charge in [0.05, 0.1) is 6.61 Å². The highest BCUT2D eigenvalue weighted by molar-refractivity contribution is 4.92. The first-order valence-corrected chi connectivity index (χ1v) is 3.96. The molecule has 1 aliphatic heterocycles. The van der Waals surface area contributed by atoms with Crippen LogP contribution in [0.4, 0.5) is 0 Å². The lowest BCUT2D eigenvalue weighted by molar-refractivity contribution is -0.0802. The monoisotopic (exact) mass is 205 g/mol. The second kappa shape index (κ2) is 4.56. The molecule has 1 aliphatic rings. The predicted octanol–water partition coefficient (Wildman–Crippen LogP) is -1.90. The third kappa shape index (κ3) is 1.95. The number of nitrogens with zero attached hydrogens (tertiary/aromatic N) is 3. The molecule has 5 atom stereocenters. The first-order valence-electron chi connectivity index (χ1n) is 3.96. The zero-order valence-electron chi connectivity index (χ0n) is 7.13. The van der Waals surface area contributed by atoms with E-state index >= 15 is 0 Å². The van der Waals surface area contributed by atoms with Crippen molar-refractivity contribution in [3.05, 3.63) is 10.4 Å². The van der Waals surface area contributed by atoms with Crippen molar-refractivity contribution in [1.29, 1.82) is 0 Å². The molecular formula is C6H11N3O5. The van der Waals surface area contributed by atoms with Crippen molar-refractivity contribution in [2.75, 3.05) is 6.61 Å². The van der Waals surface area contributed by atoms with Gasteiger partial charge in [-0.25, -0.2) is 0 Å². The number of hydrogen-bond donors (Lipinski definition) is 4. The molecule has 4 N–H and O–H groups in total. The third-order valence-electron chi connectivity index (χ3n) is 2.01. The van der Waals surface area contributed by atoms with Gasteiger partial charge in [-0.3, -0.25) is 0 Å². The highest BCUT2D eigenvalue weighted by Crippen LogP contribution is 2.24. The lowest BCUT2D eigenvalue weighted by Gasteiger charge is -2.18. The van der Waals surface area contributed by atoms with E-state index in [9.17, 15) is 10.2 Å². The zero-order chi connectivity index (χ0) is 10.7. The van der Waals surface area contributed by atoms with Crippen molar-refractivity contribution in [3.63, 3.8) is 0 Å². The molecular weight excluding hydrogens is 194 g/mol. The lowest BCUT2D eigenvalue weighted by atomic mass is 10.1. The average Bonchev–Trinajstić information content (AvgIpc) is 2.46. The van der Waals surface area contributed by atoms with E-state index in [0.29, 0.717) is 0 Å². The molecule has 0 bridgehead atoms. The molecule has 0 radical (unpaired) electrons. The Bertz CT molecular complexity index is 244. The smallest absolute Gasteiger partial charge is 0.165 e. The second-order valence-corrected chi connectivity index (χ2v) is 2.93. The van der Waals surface area contributed by atoms with Crippen LogP contribution in [0.2, 0.25) is 0 Å². The molecule has 0 aromatic carbocycles. The van der Waals surface area contributed by atoms with Gasteiger partial charge in [0.2, 0.25) is 0 Å². The lowest BCUT2D eigenvalue weighted by Crippen LogP contribution is -2.40. The predicted molar refractivity (Wildman–Crippen MR) is 42.9 cm³/mol. The molecule has 1 fully saturated rings. The number of azide groups is 1. The van der Waals surface area contributed by atoms with Crippen molar-refractivity contribution in [3.8, 4) is 0 Å². The van der Waals surface area contributed by atoms with Gasteiger partial charge in [-0.2, -0.15) is 0 Å². The van der Waals surface area contributed by atoms with Crippen LogP contribution >= 0.6 is 0 Å². The van der Waals surface area contributed by atoms with Crippen LogP contribution in [-0.4, -0.2) is 57.7 Å². The summed E-state index contributed by atoms with van der Waals surface area (Å²) < 4.78 is 4.85. The molecule has 0 saturated carbocycles. The van der Waals surface area contributed by atoms with Gasteiger partial charge in [-0.15, -0.1) is 0 Å². The van der Waals surface area contributed by atoms with Crippen molar-refractivity contribution >= 4 is 0 Å². The summed E-state index contributed by atoms with van der Waals surface area (Å²) in [6.07, 6.45) is -6.48. The maximum Gasteiger partial charge on any atom is 0.165 e. The molecule has 0 aromatic rings. The minimum absolute atomic E-state index is 0.614. The van der Waals surface area contributed by atoms with Crippen molar-refractivity contribution in [1.82, 2.24) is 0 Å². The summed E-state index contributed by atoms with van der Waals surface area (Å²) in [7, 11) is 0. The molecule has 0 spiro atoms. The van der Waals surface area contributed by atoms with E-state index < -0.39 is 37.3 Å². The van der Waals surface area contributed by atoms with Gasteiger partial charge in [0.15, 0.2) is 6.23 Å². The third-order valence-corrected chi connectivity index (χ3v) is 2.01. The topological polar surface area (TPSA) is 139 Å². The number of aliphatic hydroxyl groups is 4. The fourth-order valence-electron chi connectivity index (χ4n) is 1.25. The summed E-state index contributed by atoms with van der Waals surface area (Å²) in [6.45, 7) is -0.614. The molecule has 8 nitrogen and oxygen atoms in total. The minimum Gasteiger partial charge on any atom is -0.394 e. The van der Waals surface area contributed by atoms with Gasteiger partial charge in [0, 0.05) is 4.91 Å². The Morgan fingerprint density at radius 2 is 2.07 bits per heavy atom. The summed E-state index contributed by atoms with van der Waals surface area (Å²) in [4.78, 5) is 2.41. The normalized spacial score (nSPS) is 39.1. The van der Waals surface area contributed by atoms with E-state index in [2.05, 4.69) is 10.0 Å². The van der Waals surface area contributed by atoms with Gasteiger partial charge in [-0.1, -0.05) is 5.11 Å². The first kappa shape index (κ1) is 11.2. The molecule has 14 heavy (non-hydrogen) atoms. The van der Waals surface area contributed by atoms with Crippen LogP contribution in [0.3, 0.4) is 0 Å². The van der Waals surface area contributed by atoms with E-state index in [1.807, 2.05) is 0 Å². The Labute approximate surface area is 79.0 Å². The molecule has 0 unspecified atom stereocenters. The Morgan fingerprint density at radius 3 is 2.57 bits per heavy atom. The van der Waals surface area contributed by atoms with Crippen LogP contribution in [0.15, 0.2) is 5.11 Å². The SMILES string of the molecule is [N-]=[N+]=N[C@@H]1O[C@@H]([C@@H](O)CO)[C@H](O)[C@H]1O. The number of ether oxygens (including phenoxy) is 1. The maximum absolute atomic E-state index is 9.33. The van der Waals surface area contributed by atoms with Gasteiger partial charge in [0.25, 0.3) is 0 Å². The summed E-state index contributed by atoms with van der Waals surface area (Å²) in [5, 5.41) is 39.4. The summed E-state index contributed by atoms with van der Waals surface area (Å²) in [6, 6.07) is 0. The largest absolute Gasteiger partial charge is 0.394 e. The van der Waals surface area contributed by atoms with Gasteiger partial charge in [0.1, 0.15) is 24.4 Å². The molecule has 1 rings (SSSR count). The molecule has 1 heterocycles. The van der Waals surface area contributed by atoms with E-state index in [4.69, 9.17) is 20.5 Å². The maximum atomic E-state index is 9.33. The fourth-order valence-corrected chi connectivity index (χ4v) is 1.25. The van der Waals surface area contributed by atoms with Crippen LogP contribution in [-0.2, 0) is 4.74 Å².